The van der Waals surface area contributed by atoms with E-state index in [4.69, 9.17) is 9.47 Å². The van der Waals surface area contributed by atoms with Crippen LogP contribution in [-0.4, -0.2) is 40.9 Å². The Morgan fingerprint density at radius 2 is 1.64 bits per heavy atom. The molecule has 142 valence electrons. The maximum absolute atomic E-state index is 12.8. The third kappa shape index (κ3) is 4.82. The molecule has 1 N–H and O–H groups in total. The summed E-state index contributed by atoms with van der Waals surface area (Å²) in [5.74, 6) is 0. The number of rotatable bonds is 8. The lowest BCUT2D eigenvalue weighted by Crippen LogP contribution is -2.28. The lowest BCUT2D eigenvalue weighted by molar-refractivity contribution is 0.0169. The Labute approximate surface area is 152 Å². The highest BCUT2D eigenvalue weighted by Crippen LogP contribution is 2.29. The van der Waals surface area contributed by atoms with Gasteiger partial charge in [-0.15, -0.1) is 0 Å². The maximum atomic E-state index is 12.8. The topological polar surface area (TPSA) is 64.6 Å². The summed E-state index contributed by atoms with van der Waals surface area (Å²) in [5.41, 5.74) is 4.92. The van der Waals surface area contributed by atoms with Gasteiger partial charge in [0.2, 0.25) is 10.0 Å². The summed E-state index contributed by atoms with van der Waals surface area (Å²) in [6.45, 7) is 12.1. The van der Waals surface area contributed by atoms with E-state index in [9.17, 15) is 8.42 Å². The molecule has 5 nitrogen and oxygen atoms in total. The molecule has 1 heterocycles. The minimum absolute atomic E-state index is 0.209. The van der Waals surface area contributed by atoms with Gasteiger partial charge in [-0.05, 0) is 81.7 Å². The monoisotopic (exact) mass is 369 g/mol. The number of ether oxygens (including phenoxy) is 2. The van der Waals surface area contributed by atoms with Gasteiger partial charge in [-0.1, -0.05) is 0 Å². The van der Waals surface area contributed by atoms with Gasteiger partial charge < -0.3 is 9.47 Å². The predicted octanol–water partition coefficient (Wildman–Crippen LogP) is 3.09. The molecular formula is C19H31NO4S. The molecule has 2 rings (SSSR count). The molecule has 0 bridgehead atoms. The van der Waals surface area contributed by atoms with Crippen molar-refractivity contribution in [3.8, 4) is 0 Å². The first kappa shape index (κ1) is 20.4. The van der Waals surface area contributed by atoms with Crippen LogP contribution in [0.2, 0.25) is 0 Å². The Morgan fingerprint density at radius 1 is 1.04 bits per heavy atom. The van der Waals surface area contributed by atoms with Crippen molar-refractivity contribution < 1.29 is 17.9 Å². The summed E-state index contributed by atoms with van der Waals surface area (Å²) in [6, 6.07) is 0. The number of hydrogen-bond donors (Lipinski definition) is 1. The zero-order valence-electron chi connectivity index (χ0n) is 16.1. The van der Waals surface area contributed by atoms with Gasteiger partial charge in [0.1, 0.15) is 0 Å². The van der Waals surface area contributed by atoms with Crippen molar-refractivity contribution in [2.75, 3.05) is 26.4 Å². The van der Waals surface area contributed by atoms with Crippen molar-refractivity contribution in [3.05, 3.63) is 27.8 Å². The van der Waals surface area contributed by atoms with Crippen molar-refractivity contribution in [1.82, 2.24) is 4.72 Å². The minimum Gasteiger partial charge on any atom is -0.379 e. The molecule has 1 unspecified atom stereocenters. The van der Waals surface area contributed by atoms with Crippen LogP contribution in [0.4, 0.5) is 0 Å². The lowest BCUT2D eigenvalue weighted by atomic mass is 9.95. The predicted molar refractivity (Wildman–Crippen MR) is 99.7 cm³/mol. The molecular weight excluding hydrogens is 338 g/mol. The smallest absolute Gasteiger partial charge is 0.241 e. The first-order chi connectivity index (χ1) is 11.8. The highest BCUT2D eigenvalue weighted by molar-refractivity contribution is 7.89. The molecule has 0 spiro atoms. The van der Waals surface area contributed by atoms with Crippen LogP contribution < -0.4 is 4.72 Å². The second-order valence-electron chi connectivity index (χ2n) is 6.92. The van der Waals surface area contributed by atoms with E-state index in [-0.39, 0.29) is 6.10 Å². The van der Waals surface area contributed by atoms with Crippen molar-refractivity contribution >= 4 is 10.0 Å². The van der Waals surface area contributed by atoms with E-state index in [1.165, 1.54) is 0 Å². The Morgan fingerprint density at radius 3 is 2.20 bits per heavy atom. The molecule has 0 aromatic heterocycles. The molecule has 1 saturated heterocycles. The van der Waals surface area contributed by atoms with Gasteiger partial charge in [0.25, 0.3) is 0 Å². The summed E-state index contributed by atoms with van der Waals surface area (Å²) in [5, 5.41) is 0. The number of sulfonamides is 1. The van der Waals surface area contributed by atoms with Crippen molar-refractivity contribution in [1.29, 1.82) is 0 Å². The Kier molecular flexibility index (Phi) is 7.02. The van der Waals surface area contributed by atoms with Crippen molar-refractivity contribution in [2.45, 2.75) is 64.9 Å². The van der Waals surface area contributed by atoms with Gasteiger partial charge in [-0.3, -0.25) is 0 Å². The van der Waals surface area contributed by atoms with Crippen LogP contribution in [0.3, 0.4) is 0 Å². The maximum Gasteiger partial charge on any atom is 0.241 e. The molecule has 1 fully saturated rings. The fraction of sp³-hybridized carbons (Fsp3) is 0.684. The zero-order chi connectivity index (χ0) is 18.6. The molecule has 0 amide bonds. The molecule has 1 aromatic rings. The normalized spacial score (nSPS) is 18.0. The van der Waals surface area contributed by atoms with E-state index < -0.39 is 10.0 Å². The molecule has 0 radical (unpaired) electrons. The molecule has 25 heavy (non-hydrogen) atoms. The van der Waals surface area contributed by atoms with Crippen LogP contribution in [0.25, 0.3) is 0 Å². The SMILES string of the molecule is Cc1c(C)c(C)c(S(=O)(=O)NCCCOCC2CCCO2)c(C)c1C. The molecule has 1 atom stereocenters. The fourth-order valence-electron chi connectivity index (χ4n) is 3.31. The second-order valence-corrected chi connectivity index (χ2v) is 8.62. The van der Waals surface area contributed by atoms with Crippen LogP contribution in [0.15, 0.2) is 4.90 Å². The van der Waals surface area contributed by atoms with Gasteiger partial charge in [-0.2, -0.15) is 0 Å². The highest BCUT2D eigenvalue weighted by atomic mass is 32.2. The number of benzene rings is 1. The molecule has 1 aliphatic rings. The highest BCUT2D eigenvalue weighted by Gasteiger charge is 2.23. The zero-order valence-corrected chi connectivity index (χ0v) is 16.9. The van der Waals surface area contributed by atoms with Gasteiger partial charge in [0.05, 0.1) is 17.6 Å². The first-order valence-corrected chi connectivity index (χ1v) is 10.5. The Bertz CT molecular complexity index is 678. The summed E-state index contributed by atoms with van der Waals surface area (Å²) in [6.07, 6.45) is 3.01. The molecule has 0 aliphatic carbocycles. The Hall–Kier alpha value is -0.950. The van der Waals surface area contributed by atoms with Crippen LogP contribution in [0.5, 0.6) is 0 Å². The largest absolute Gasteiger partial charge is 0.379 e. The van der Waals surface area contributed by atoms with Gasteiger partial charge in [0, 0.05) is 19.8 Å². The van der Waals surface area contributed by atoms with Crippen LogP contribution in [-0.2, 0) is 19.5 Å². The summed E-state index contributed by atoms with van der Waals surface area (Å²) >= 11 is 0. The fourth-order valence-corrected chi connectivity index (χ4v) is 4.98. The molecule has 1 aliphatic heterocycles. The van der Waals surface area contributed by atoms with Crippen molar-refractivity contribution in [2.24, 2.45) is 0 Å². The van der Waals surface area contributed by atoms with Gasteiger partial charge >= 0.3 is 0 Å². The van der Waals surface area contributed by atoms with E-state index in [1.807, 2.05) is 34.6 Å². The number of hydrogen-bond acceptors (Lipinski definition) is 4. The van der Waals surface area contributed by atoms with E-state index in [2.05, 4.69) is 4.72 Å². The van der Waals surface area contributed by atoms with E-state index in [0.29, 0.717) is 31.1 Å². The quantitative estimate of drug-likeness (QED) is 0.715. The van der Waals surface area contributed by atoms with Crippen LogP contribution in [0, 0.1) is 34.6 Å². The van der Waals surface area contributed by atoms with Crippen molar-refractivity contribution in [3.63, 3.8) is 0 Å². The number of nitrogens with one attached hydrogen (secondary N) is 1. The second kappa shape index (κ2) is 8.62. The lowest BCUT2D eigenvalue weighted by Gasteiger charge is -2.19. The van der Waals surface area contributed by atoms with E-state index in [0.717, 1.165) is 47.3 Å². The summed E-state index contributed by atoms with van der Waals surface area (Å²) < 4.78 is 39.3. The molecule has 6 heteroatoms. The molecule has 1 aromatic carbocycles. The van der Waals surface area contributed by atoms with Crippen LogP contribution >= 0.6 is 0 Å². The third-order valence-electron chi connectivity index (χ3n) is 5.29. The Balaban J connectivity index is 1.91. The van der Waals surface area contributed by atoms with Gasteiger partial charge in [-0.25, -0.2) is 13.1 Å². The van der Waals surface area contributed by atoms with Gasteiger partial charge in [0.15, 0.2) is 0 Å². The standard InChI is InChI=1S/C19H31NO4S/c1-13-14(2)16(4)19(17(5)15(13)3)25(21,22)20-9-7-10-23-12-18-8-6-11-24-18/h18,20H,6-12H2,1-5H3. The third-order valence-corrected chi connectivity index (χ3v) is 7.02. The average molecular weight is 370 g/mol. The summed E-state index contributed by atoms with van der Waals surface area (Å²) in [4.78, 5) is 0.424. The first-order valence-electron chi connectivity index (χ1n) is 9.01. The van der Waals surface area contributed by atoms with Crippen LogP contribution in [0.1, 0.15) is 47.1 Å². The van der Waals surface area contributed by atoms with E-state index in [1.54, 1.807) is 0 Å². The average Bonchev–Trinajstić information content (AvgIpc) is 3.07. The molecule has 0 saturated carbocycles. The minimum atomic E-state index is -3.52. The summed E-state index contributed by atoms with van der Waals surface area (Å²) in [7, 11) is -3.52. The van der Waals surface area contributed by atoms with E-state index >= 15 is 0 Å².